The van der Waals surface area contributed by atoms with Crippen LogP contribution in [0.4, 0.5) is 0 Å². The first-order chi connectivity index (χ1) is 5.78. The van der Waals surface area contributed by atoms with Gasteiger partial charge in [0, 0.05) is 44.3 Å². The van der Waals surface area contributed by atoms with Gasteiger partial charge in [-0.25, -0.2) is 0 Å². The van der Waals surface area contributed by atoms with E-state index in [0.29, 0.717) is 0 Å². The van der Waals surface area contributed by atoms with E-state index in [1.165, 1.54) is 0 Å². The average molecular weight is 254 g/mol. The summed E-state index contributed by atoms with van der Waals surface area (Å²) in [4.78, 5) is 30.0. The molecule has 0 atom stereocenters. The fraction of sp³-hybridized carbons (Fsp3) is 0.500. The summed E-state index contributed by atoms with van der Waals surface area (Å²) in [6.45, 7) is 0. The van der Waals surface area contributed by atoms with E-state index in [1.54, 1.807) is 0 Å². The van der Waals surface area contributed by atoms with Crippen molar-refractivity contribution in [2.45, 2.75) is 18.4 Å². The second kappa shape index (κ2) is 5.67. The molecule has 0 rings (SSSR count). The second-order valence-corrected chi connectivity index (χ2v) is 2.42. The third-order valence-corrected chi connectivity index (χ3v) is 1.25. The Bertz CT molecular complexity index is 233. The minimum atomic E-state index is -2.97. The van der Waals surface area contributed by atoms with Crippen molar-refractivity contribution in [2.75, 3.05) is 0 Å². The maximum absolute atomic E-state index is 10.1. The van der Waals surface area contributed by atoms with Crippen LogP contribution in [0.15, 0.2) is 0 Å². The smallest absolute Gasteiger partial charge is 0.114 e. The molecule has 8 heteroatoms. The molecule has 76 valence electrons. The second-order valence-electron chi connectivity index (χ2n) is 2.42. The maximum Gasteiger partial charge on any atom is 0.114 e. The molecule has 0 radical (unpaired) electrons. The summed E-state index contributed by atoms with van der Waals surface area (Å²) < 4.78 is 0. The van der Waals surface area contributed by atoms with Gasteiger partial charge in [-0.15, -0.1) is 0 Å². The molecular weight excluding hydrogens is 249 g/mol. The molecule has 0 unspecified atom stereocenters. The predicted octanol–water partition coefficient (Wildman–Crippen LogP) is -5.26. The van der Waals surface area contributed by atoms with Gasteiger partial charge >= 0.3 is 0 Å². The average Bonchev–Trinajstić information content (AvgIpc) is 1.82. The largest absolute Gasteiger partial charge is 0.550 e. The van der Waals surface area contributed by atoms with Gasteiger partial charge < -0.3 is 34.8 Å². The van der Waals surface area contributed by atoms with Crippen LogP contribution in [0.25, 0.3) is 0 Å². The molecule has 0 saturated carbocycles. The van der Waals surface area contributed by atoms with Gasteiger partial charge in [-0.3, -0.25) is 0 Å². The van der Waals surface area contributed by atoms with Crippen molar-refractivity contribution in [1.82, 2.24) is 0 Å². The first-order valence-corrected chi connectivity index (χ1v) is 3.11. The molecule has 0 bridgehead atoms. The van der Waals surface area contributed by atoms with E-state index < -0.39 is 36.4 Å². The number of carboxylic acid groups (broad SMARTS) is 3. The first kappa shape index (κ1) is 15.5. The van der Waals surface area contributed by atoms with E-state index in [-0.39, 0.29) is 19.5 Å². The molecule has 0 aliphatic heterocycles. The summed E-state index contributed by atoms with van der Waals surface area (Å²) in [5.74, 6) is -5.98. The number of hydrogen-bond donors (Lipinski definition) is 1. The zero-order valence-corrected chi connectivity index (χ0v) is 9.99. The van der Waals surface area contributed by atoms with Crippen molar-refractivity contribution in [3.63, 3.8) is 0 Å². The number of carboxylic acids is 3. The van der Waals surface area contributed by atoms with Crippen molar-refractivity contribution >= 4 is 17.9 Å². The monoisotopic (exact) mass is 253 g/mol. The molecule has 7 nitrogen and oxygen atoms in total. The molecule has 0 fully saturated rings. The van der Waals surface area contributed by atoms with Crippen LogP contribution in [0.1, 0.15) is 12.8 Å². The van der Waals surface area contributed by atoms with Crippen molar-refractivity contribution in [1.29, 1.82) is 0 Å². The molecule has 0 aromatic carbocycles. The van der Waals surface area contributed by atoms with Gasteiger partial charge in [-0.2, -0.15) is 0 Å². The van der Waals surface area contributed by atoms with Crippen molar-refractivity contribution in [2.24, 2.45) is 0 Å². The number of carbonyl (C=O) groups is 3. The zero-order chi connectivity index (χ0) is 10.6. The van der Waals surface area contributed by atoms with Crippen LogP contribution in [-0.2, 0) is 33.9 Å². The van der Waals surface area contributed by atoms with Crippen LogP contribution in [0.3, 0.4) is 0 Å². The zero-order valence-electron chi connectivity index (χ0n) is 7.02. The standard InChI is InChI=1S/C6H8O7.Zn/c7-3(8)1-6(13,5(11)12)2-4(9)10;/h13H,1-2H2,(H,7,8)(H,9,10)(H,11,12);/p-3. The van der Waals surface area contributed by atoms with Gasteiger partial charge in [-0.1, -0.05) is 0 Å². The Morgan fingerprint density at radius 1 is 1.00 bits per heavy atom. The molecule has 1 N–H and O–H groups in total. The molecule has 0 aliphatic rings. The van der Waals surface area contributed by atoms with Crippen molar-refractivity contribution in [3.8, 4) is 0 Å². The van der Waals surface area contributed by atoms with Gasteiger partial charge in [0.2, 0.25) is 0 Å². The van der Waals surface area contributed by atoms with E-state index in [1.807, 2.05) is 0 Å². The molecule has 0 aliphatic carbocycles. The van der Waals surface area contributed by atoms with Crippen LogP contribution < -0.4 is 15.3 Å². The van der Waals surface area contributed by atoms with Crippen LogP contribution >= 0.6 is 0 Å². The summed E-state index contributed by atoms with van der Waals surface area (Å²) in [7, 11) is 0. The quantitative estimate of drug-likeness (QED) is 0.483. The van der Waals surface area contributed by atoms with Crippen LogP contribution in [0.2, 0.25) is 0 Å². The van der Waals surface area contributed by atoms with Gasteiger partial charge in [0.15, 0.2) is 0 Å². The third-order valence-electron chi connectivity index (χ3n) is 1.25. The van der Waals surface area contributed by atoms with Gasteiger partial charge in [0.25, 0.3) is 0 Å². The maximum atomic E-state index is 10.1. The van der Waals surface area contributed by atoms with Crippen LogP contribution in [-0.4, -0.2) is 28.6 Å². The number of rotatable bonds is 5. The fourth-order valence-electron chi connectivity index (χ4n) is 0.684. The third kappa shape index (κ3) is 4.88. The topological polar surface area (TPSA) is 141 Å². The van der Waals surface area contributed by atoms with E-state index in [9.17, 15) is 29.7 Å². The van der Waals surface area contributed by atoms with E-state index in [4.69, 9.17) is 5.11 Å². The Labute approximate surface area is 91.1 Å². The first-order valence-electron chi connectivity index (χ1n) is 3.11. The Kier molecular flexibility index (Phi) is 6.26. The minimum absolute atomic E-state index is 0. The van der Waals surface area contributed by atoms with Crippen LogP contribution in [0, 0.1) is 0 Å². The Balaban J connectivity index is 0. The molecule has 0 spiro atoms. The Hall–Kier alpha value is -1.01. The summed E-state index contributed by atoms with van der Waals surface area (Å²) in [5.41, 5.74) is -2.97. The van der Waals surface area contributed by atoms with Crippen molar-refractivity contribution < 1.29 is 54.3 Å². The molecule has 0 saturated heterocycles. The van der Waals surface area contributed by atoms with Crippen molar-refractivity contribution in [3.05, 3.63) is 0 Å². The van der Waals surface area contributed by atoms with Crippen LogP contribution in [0.5, 0.6) is 0 Å². The summed E-state index contributed by atoms with van der Waals surface area (Å²) in [5, 5.41) is 38.9. The Morgan fingerprint density at radius 3 is 1.43 bits per heavy atom. The summed E-state index contributed by atoms with van der Waals surface area (Å²) in [6.07, 6.45) is -2.72. The molecule has 0 heterocycles. The fourth-order valence-corrected chi connectivity index (χ4v) is 0.684. The summed E-state index contributed by atoms with van der Waals surface area (Å²) >= 11 is 0. The number of aliphatic hydroxyl groups is 1. The number of carbonyl (C=O) groups excluding carboxylic acids is 3. The molecule has 0 aromatic rings. The minimum Gasteiger partial charge on any atom is -0.550 e. The SMILES string of the molecule is O=C([O-])CC(O)(CC(=O)[O-])C(=O)[O-].[Zn]. The van der Waals surface area contributed by atoms with Gasteiger partial charge in [-0.05, 0) is 0 Å². The van der Waals surface area contributed by atoms with Gasteiger partial charge in [0.05, 0.1) is 5.97 Å². The van der Waals surface area contributed by atoms with Gasteiger partial charge in [0.1, 0.15) is 5.60 Å². The number of aliphatic carboxylic acids is 3. The van der Waals surface area contributed by atoms with E-state index >= 15 is 0 Å². The summed E-state index contributed by atoms with van der Waals surface area (Å²) in [6, 6.07) is 0. The van der Waals surface area contributed by atoms with E-state index in [0.717, 1.165) is 0 Å². The Morgan fingerprint density at radius 2 is 1.29 bits per heavy atom. The molecule has 0 amide bonds. The normalized spacial score (nSPS) is 10.1. The molecular formula is C6H5O7Zn-3. The predicted molar refractivity (Wildman–Crippen MR) is 29.2 cm³/mol. The number of hydrogen-bond acceptors (Lipinski definition) is 7. The van der Waals surface area contributed by atoms with E-state index in [2.05, 4.69) is 0 Å². The molecule has 0 aromatic heterocycles. The molecule has 14 heavy (non-hydrogen) atoms.